The number of hydrogen-bond donors (Lipinski definition) is 1. The Labute approximate surface area is 78.8 Å². The molecule has 2 nitrogen and oxygen atoms in total. The van der Waals surface area contributed by atoms with Crippen LogP contribution in [0, 0.1) is 0 Å². The van der Waals surface area contributed by atoms with E-state index >= 15 is 0 Å². The monoisotopic (exact) mass is 177 g/mol. The van der Waals surface area contributed by atoms with Gasteiger partial charge in [0.25, 0.3) is 0 Å². The molecule has 0 bridgehead atoms. The lowest BCUT2D eigenvalue weighted by Crippen LogP contribution is -2.13. The quantitative estimate of drug-likeness (QED) is 0.707. The third-order valence-corrected chi connectivity index (χ3v) is 2.76. The van der Waals surface area contributed by atoms with Gasteiger partial charge in [-0.3, -0.25) is 0 Å². The van der Waals surface area contributed by atoms with Crippen molar-refractivity contribution in [3.8, 4) is 5.75 Å². The molecule has 1 fully saturated rings. The first-order valence-corrected chi connectivity index (χ1v) is 4.73. The molecular weight excluding hydrogens is 162 g/mol. The summed E-state index contributed by atoms with van der Waals surface area (Å²) in [5.41, 5.74) is 1.35. The second kappa shape index (κ2) is 3.38. The Hall–Kier alpha value is -1.02. The fourth-order valence-electron chi connectivity index (χ4n) is 1.95. The van der Waals surface area contributed by atoms with Crippen LogP contribution in [0.4, 0.5) is 0 Å². The summed E-state index contributed by atoms with van der Waals surface area (Å²) in [6, 6.07) is 7.60. The summed E-state index contributed by atoms with van der Waals surface area (Å²) < 4.78 is 0. The van der Waals surface area contributed by atoms with E-state index in [1.54, 1.807) is 12.1 Å². The van der Waals surface area contributed by atoms with E-state index < -0.39 is 0 Å². The van der Waals surface area contributed by atoms with E-state index in [1.807, 2.05) is 12.1 Å². The molecule has 0 aliphatic carbocycles. The SMILES string of the molecule is CN1CCC(c2ccc(O)cc2)C1. The van der Waals surface area contributed by atoms with Gasteiger partial charge < -0.3 is 10.0 Å². The van der Waals surface area contributed by atoms with E-state index in [2.05, 4.69) is 11.9 Å². The van der Waals surface area contributed by atoms with Crippen molar-refractivity contribution in [2.24, 2.45) is 0 Å². The van der Waals surface area contributed by atoms with Gasteiger partial charge in [0.15, 0.2) is 0 Å². The van der Waals surface area contributed by atoms with E-state index in [4.69, 9.17) is 5.11 Å². The van der Waals surface area contributed by atoms with Crippen LogP contribution in [0.2, 0.25) is 0 Å². The topological polar surface area (TPSA) is 23.5 Å². The Morgan fingerprint density at radius 1 is 1.31 bits per heavy atom. The van der Waals surface area contributed by atoms with Crippen molar-refractivity contribution in [1.82, 2.24) is 4.90 Å². The summed E-state index contributed by atoms with van der Waals surface area (Å²) in [4.78, 5) is 2.34. The van der Waals surface area contributed by atoms with Crippen LogP contribution in [-0.4, -0.2) is 30.1 Å². The number of rotatable bonds is 1. The molecule has 1 aliphatic heterocycles. The lowest BCUT2D eigenvalue weighted by molar-refractivity contribution is 0.411. The Bertz CT molecular complexity index is 281. The van der Waals surface area contributed by atoms with Gasteiger partial charge in [0.1, 0.15) is 5.75 Å². The highest BCUT2D eigenvalue weighted by Crippen LogP contribution is 2.26. The number of hydrogen-bond acceptors (Lipinski definition) is 2. The van der Waals surface area contributed by atoms with E-state index in [0.717, 1.165) is 6.54 Å². The average molecular weight is 177 g/mol. The van der Waals surface area contributed by atoms with Crippen molar-refractivity contribution >= 4 is 0 Å². The number of aromatic hydroxyl groups is 1. The minimum atomic E-state index is 0.357. The zero-order valence-corrected chi connectivity index (χ0v) is 7.90. The summed E-state index contributed by atoms with van der Waals surface area (Å²) in [7, 11) is 2.15. The van der Waals surface area contributed by atoms with Gasteiger partial charge in [-0.2, -0.15) is 0 Å². The fourth-order valence-corrected chi connectivity index (χ4v) is 1.95. The van der Waals surface area contributed by atoms with Gasteiger partial charge >= 0.3 is 0 Å². The van der Waals surface area contributed by atoms with Crippen molar-refractivity contribution in [2.75, 3.05) is 20.1 Å². The van der Waals surface area contributed by atoms with E-state index in [0.29, 0.717) is 11.7 Å². The molecule has 0 spiro atoms. The van der Waals surface area contributed by atoms with E-state index in [1.165, 1.54) is 18.5 Å². The van der Waals surface area contributed by atoms with Gasteiger partial charge in [-0.25, -0.2) is 0 Å². The van der Waals surface area contributed by atoms with Crippen molar-refractivity contribution < 1.29 is 5.11 Å². The number of benzene rings is 1. The highest BCUT2D eigenvalue weighted by Gasteiger charge is 2.20. The lowest BCUT2D eigenvalue weighted by atomic mass is 9.98. The molecular formula is C11H15NO. The molecule has 1 aromatic rings. The standard InChI is InChI=1S/C11H15NO/c1-12-7-6-10(8-12)9-2-4-11(13)5-3-9/h2-5,10,13H,6-8H2,1H3. The lowest BCUT2D eigenvalue weighted by Gasteiger charge is -2.10. The summed E-state index contributed by atoms with van der Waals surface area (Å²) in [5, 5.41) is 9.14. The Morgan fingerprint density at radius 2 is 2.00 bits per heavy atom. The molecule has 1 aromatic carbocycles. The van der Waals surface area contributed by atoms with Gasteiger partial charge in [0.05, 0.1) is 0 Å². The molecule has 0 aromatic heterocycles. The highest BCUT2D eigenvalue weighted by atomic mass is 16.3. The molecule has 1 atom stereocenters. The maximum Gasteiger partial charge on any atom is 0.115 e. The molecule has 13 heavy (non-hydrogen) atoms. The highest BCUT2D eigenvalue weighted by molar-refractivity contribution is 5.29. The van der Waals surface area contributed by atoms with Gasteiger partial charge in [-0.1, -0.05) is 12.1 Å². The number of nitrogens with zero attached hydrogens (tertiary/aromatic N) is 1. The van der Waals surface area contributed by atoms with Crippen molar-refractivity contribution in [1.29, 1.82) is 0 Å². The maximum atomic E-state index is 9.14. The minimum Gasteiger partial charge on any atom is -0.508 e. The molecule has 0 radical (unpaired) electrons. The zero-order valence-electron chi connectivity index (χ0n) is 7.90. The fraction of sp³-hybridized carbons (Fsp3) is 0.455. The number of likely N-dealkylation sites (tertiary alicyclic amines) is 1. The minimum absolute atomic E-state index is 0.357. The van der Waals surface area contributed by atoms with Crippen LogP contribution in [0.15, 0.2) is 24.3 Å². The Morgan fingerprint density at radius 3 is 2.54 bits per heavy atom. The van der Waals surface area contributed by atoms with E-state index in [9.17, 15) is 0 Å². The smallest absolute Gasteiger partial charge is 0.115 e. The van der Waals surface area contributed by atoms with Crippen molar-refractivity contribution in [3.05, 3.63) is 29.8 Å². The number of likely N-dealkylation sites (N-methyl/N-ethyl adjacent to an activating group) is 1. The number of phenols is 1. The molecule has 1 heterocycles. The van der Waals surface area contributed by atoms with Gasteiger partial charge in [-0.15, -0.1) is 0 Å². The molecule has 2 rings (SSSR count). The summed E-state index contributed by atoms with van der Waals surface area (Å²) >= 11 is 0. The normalized spacial score (nSPS) is 23.6. The predicted molar refractivity (Wildman–Crippen MR) is 53.0 cm³/mol. The van der Waals surface area contributed by atoms with Gasteiger partial charge in [0.2, 0.25) is 0 Å². The molecule has 0 amide bonds. The average Bonchev–Trinajstić information content (AvgIpc) is 2.53. The molecule has 70 valence electrons. The first-order chi connectivity index (χ1) is 6.25. The summed E-state index contributed by atoms with van der Waals surface area (Å²) in [5.74, 6) is 1.01. The molecule has 2 heteroatoms. The van der Waals surface area contributed by atoms with Crippen LogP contribution in [0.1, 0.15) is 17.9 Å². The van der Waals surface area contributed by atoms with E-state index in [-0.39, 0.29) is 0 Å². The van der Waals surface area contributed by atoms with Crippen molar-refractivity contribution in [2.45, 2.75) is 12.3 Å². The molecule has 1 unspecified atom stereocenters. The van der Waals surface area contributed by atoms with Gasteiger partial charge in [0, 0.05) is 6.54 Å². The summed E-state index contributed by atoms with van der Waals surface area (Å²) in [6.45, 7) is 2.33. The van der Waals surface area contributed by atoms with Gasteiger partial charge in [-0.05, 0) is 43.6 Å². The molecule has 1 aliphatic rings. The molecule has 1 N–H and O–H groups in total. The Balaban J connectivity index is 2.13. The van der Waals surface area contributed by atoms with Crippen LogP contribution in [0.3, 0.4) is 0 Å². The third kappa shape index (κ3) is 1.83. The molecule has 1 saturated heterocycles. The second-order valence-electron chi connectivity index (χ2n) is 3.84. The molecule has 0 saturated carbocycles. The van der Waals surface area contributed by atoms with Crippen LogP contribution in [0.25, 0.3) is 0 Å². The Kier molecular flexibility index (Phi) is 2.23. The number of phenolic OH excluding ortho intramolecular Hbond substituents is 1. The largest absolute Gasteiger partial charge is 0.508 e. The van der Waals surface area contributed by atoms with Crippen LogP contribution < -0.4 is 0 Å². The zero-order chi connectivity index (χ0) is 9.26. The third-order valence-electron chi connectivity index (χ3n) is 2.76. The predicted octanol–water partition coefficient (Wildman–Crippen LogP) is 1.81. The van der Waals surface area contributed by atoms with Crippen molar-refractivity contribution in [3.63, 3.8) is 0 Å². The maximum absolute atomic E-state index is 9.14. The first-order valence-electron chi connectivity index (χ1n) is 4.73. The first kappa shape index (κ1) is 8.57. The second-order valence-corrected chi connectivity index (χ2v) is 3.84. The van der Waals surface area contributed by atoms with Crippen LogP contribution in [-0.2, 0) is 0 Å². The van der Waals surface area contributed by atoms with Crippen LogP contribution in [0.5, 0.6) is 5.75 Å². The summed E-state index contributed by atoms with van der Waals surface area (Å²) in [6.07, 6.45) is 1.24. The van der Waals surface area contributed by atoms with Crippen LogP contribution >= 0.6 is 0 Å².